The van der Waals surface area contributed by atoms with Gasteiger partial charge in [0.1, 0.15) is 6.33 Å². The van der Waals surface area contributed by atoms with Crippen LogP contribution in [0.2, 0.25) is 0 Å². The van der Waals surface area contributed by atoms with Gasteiger partial charge in [0, 0.05) is 44.5 Å². The fourth-order valence-electron chi connectivity index (χ4n) is 3.29. The van der Waals surface area contributed by atoms with Gasteiger partial charge >= 0.3 is 0 Å². The summed E-state index contributed by atoms with van der Waals surface area (Å²) in [5.41, 5.74) is 1.56. The monoisotopic (exact) mass is 376 g/mol. The first-order valence-electron chi connectivity index (χ1n) is 9.05. The van der Waals surface area contributed by atoms with E-state index in [1.807, 2.05) is 35.2 Å². The second-order valence-corrected chi connectivity index (χ2v) is 6.62. The third kappa shape index (κ3) is 3.54. The number of hydrogen-bond acceptors (Lipinski definition) is 7. The van der Waals surface area contributed by atoms with Crippen molar-refractivity contribution in [1.82, 2.24) is 24.8 Å². The molecular formula is C20H20N6O2. The number of hydrogen-bond donors (Lipinski definition) is 1. The fraction of sp³-hybridized carbons (Fsp3) is 0.250. The molecule has 1 aliphatic rings. The Morgan fingerprint density at radius 2 is 2.00 bits per heavy atom. The van der Waals surface area contributed by atoms with E-state index in [2.05, 4.69) is 20.3 Å². The Labute approximate surface area is 161 Å². The van der Waals surface area contributed by atoms with Crippen LogP contribution in [-0.2, 0) is 7.05 Å². The standard InChI is InChI=1S/C20H20N6O2/c1-25-18(27)11-16(15-7-8-21-13-23-15)24-20(25)26-10-9-22-17(12-26)19(28)14-5-3-2-4-6-14/h2-8,11,13,17,22H,9-10,12H2,1H3. The molecular weight excluding hydrogens is 356 g/mol. The van der Waals surface area contributed by atoms with Gasteiger partial charge in [-0.15, -0.1) is 0 Å². The van der Waals surface area contributed by atoms with E-state index in [-0.39, 0.29) is 17.4 Å². The third-order valence-electron chi connectivity index (χ3n) is 4.79. The van der Waals surface area contributed by atoms with Crippen molar-refractivity contribution >= 4 is 11.7 Å². The molecule has 142 valence electrons. The van der Waals surface area contributed by atoms with Crippen LogP contribution >= 0.6 is 0 Å². The zero-order valence-corrected chi connectivity index (χ0v) is 15.4. The molecule has 8 nitrogen and oxygen atoms in total. The maximum absolute atomic E-state index is 12.8. The van der Waals surface area contributed by atoms with Crippen molar-refractivity contribution < 1.29 is 4.79 Å². The first-order valence-corrected chi connectivity index (χ1v) is 9.05. The number of anilines is 1. The maximum Gasteiger partial charge on any atom is 0.255 e. The van der Waals surface area contributed by atoms with Gasteiger partial charge in [0.15, 0.2) is 5.78 Å². The first-order chi connectivity index (χ1) is 13.6. The second-order valence-electron chi connectivity index (χ2n) is 6.62. The Balaban J connectivity index is 1.64. The zero-order valence-electron chi connectivity index (χ0n) is 15.4. The summed E-state index contributed by atoms with van der Waals surface area (Å²) in [4.78, 5) is 40.0. The van der Waals surface area contributed by atoms with Crippen molar-refractivity contribution in [2.24, 2.45) is 7.05 Å². The number of Topliss-reactive ketones (excluding diaryl/α,β-unsaturated/α-hetero) is 1. The van der Waals surface area contributed by atoms with Crippen LogP contribution in [0.3, 0.4) is 0 Å². The van der Waals surface area contributed by atoms with Crippen LogP contribution in [0, 0.1) is 0 Å². The molecule has 0 saturated carbocycles. The molecule has 28 heavy (non-hydrogen) atoms. The normalized spacial score (nSPS) is 16.8. The Bertz CT molecular complexity index is 1040. The lowest BCUT2D eigenvalue weighted by atomic mass is 10.0. The van der Waals surface area contributed by atoms with E-state index >= 15 is 0 Å². The van der Waals surface area contributed by atoms with Gasteiger partial charge in [0.05, 0.1) is 17.4 Å². The Morgan fingerprint density at radius 3 is 2.75 bits per heavy atom. The van der Waals surface area contributed by atoms with Crippen LogP contribution in [0.4, 0.5) is 5.95 Å². The lowest BCUT2D eigenvalue weighted by molar-refractivity contribution is 0.0939. The van der Waals surface area contributed by atoms with E-state index in [4.69, 9.17) is 0 Å². The number of nitrogens with one attached hydrogen (secondary N) is 1. The first kappa shape index (κ1) is 18.0. The topological polar surface area (TPSA) is 93.0 Å². The quantitative estimate of drug-likeness (QED) is 0.676. The molecule has 0 aliphatic carbocycles. The SMILES string of the molecule is Cn1c(N2CCNC(C(=O)c3ccccc3)C2)nc(-c2ccncn2)cc1=O. The average Bonchev–Trinajstić information content (AvgIpc) is 2.76. The predicted octanol–water partition coefficient (Wildman–Crippen LogP) is 0.898. The number of rotatable bonds is 4. The zero-order chi connectivity index (χ0) is 19.5. The van der Waals surface area contributed by atoms with Crippen molar-refractivity contribution in [3.63, 3.8) is 0 Å². The lowest BCUT2D eigenvalue weighted by Gasteiger charge is -2.34. The molecule has 0 spiro atoms. The van der Waals surface area contributed by atoms with E-state index in [1.54, 1.807) is 19.3 Å². The molecule has 8 heteroatoms. The minimum atomic E-state index is -0.365. The highest BCUT2D eigenvalue weighted by atomic mass is 16.1. The summed E-state index contributed by atoms with van der Waals surface area (Å²) >= 11 is 0. The van der Waals surface area contributed by atoms with Crippen LogP contribution in [0.15, 0.2) is 59.8 Å². The van der Waals surface area contributed by atoms with Crippen molar-refractivity contribution in [3.05, 3.63) is 70.9 Å². The van der Waals surface area contributed by atoms with Crippen molar-refractivity contribution in [2.75, 3.05) is 24.5 Å². The van der Waals surface area contributed by atoms with Crippen LogP contribution < -0.4 is 15.8 Å². The molecule has 4 rings (SSSR count). The van der Waals surface area contributed by atoms with Crippen LogP contribution in [0.1, 0.15) is 10.4 Å². The van der Waals surface area contributed by atoms with E-state index in [9.17, 15) is 9.59 Å². The van der Waals surface area contributed by atoms with Crippen molar-refractivity contribution in [1.29, 1.82) is 0 Å². The van der Waals surface area contributed by atoms with Crippen LogP contribution in [0.25, 0.3) is 11.4 Å². The molecule has 1 atom stereocenters. The number of carbonyl (C=O) groups excluding carboxylic acids is 1. The average molecular weight is 376 g/mol. The number of carbonyl (C=O) groups is 1. The number of benzene rings is 1. The molecule has 1 unspecified atom stereocenters. The molecule has 1 saturated heterocycles. The van der Waals surface area contributed by atoms with Crippen LogP contribution in [-0.4, -0.2) is 51.0 Å². The Kier molecular flexibility index (Phi) is 4.94. The molecule has 1 aromatic carbocycles. The highest BCUT2D eigenvalue weighted by Crippen LogP contribution is 2.18. The van der Waals surface area contributed by atoms with Gasteiger partial charge in [0.2, 0.25) is 5.95 Å². The number of ketones is 1. The summed E-state index contributed by atoms with van der Waals surface area (Å²) in [5, 5.41) is 3.27. The van der Waals surface area contributed by atoms with Crippen molar-refractivity contribution in [3.8, 4) is 11.4 Å². The van der Waals surface area contributed by atoms with Gasteiger partial charge in [-0.1, -0.05) is 30.3 Å². The summed E-state index contributed by atoms with van der Waals surface area (Å²) in [6.45, 7) is 1.70. The maximum atomic E-state index is 12.8. The summed E-state index contributed by atoms with van der Waals surface area (Å²) in [6.07, 6.45) is 3.04. The minimum Gasteiger partial charge on any atom is -0.339 e. The van der Waals surface area contributed by atoms with Gasteiger partial charge in [-0.05, 0) is 6.07 Å². The van der Waals surface area contributed by atoms with Gasteiger partial charge in [-0.2, -0.15) is 0 Å². The summed E-state index contributed by atoms with van der Waals surface area (Å²) in [6, 6.07) is 12.0. The van der Waals surface area contributed by atoms with Crippen molar-refractivity contribution in [2.45, 2.75) is 6.04 Å². The molecule has 2 aromatic heterocycles. The Hall–Kier alpha value is -3.39. The van der Waals surface area contributed by atoms with Crippen LogP contribution in [0.5, 0.6) is 0 Å². The molecule has 0 bridgehead atoms. The predicted molar refractivity (Wildman–Crippen MR) is 105 cm³/mol. The molecule has 0 radical (unpaired) electrons. The lowest BCUT2D eigenvalue weighted by Crippen LogP contribution is -2.55. The van der Waals surface area contributed by atoms with Gasteiger partial charge in [-0.3, -0.25) is 14.2 Å². The van der Waals surface area contributed by atoms with E-state index < -0.39 is 0 Å². The highest BCUT2D eigenvalue weighted by molar-refractivity contribution is 6.00. The van der Waals surface area contributed by atoms with Gasteiger partial charge < -0.3 is 10.2 Å². The van der Waals surface area contributed by atoms with Gasteiger partial charge in [0.25, 0.3) is 5.56 Å². The fourth-order valence-corrected chi connectivity index (χ4v) is 3.29. The largest absolute Gasteiger partial charge is 0.339 e. The second kappa shape index (κ2) is 7.69. The number of nitrogens with zero attached hydrogens (tertiary/aromatic N) is 5. The summed E-state index contributed by atoms with van der Waals surface area (Å²) in [7, 11) is 1.69. The molecule has 3 heterocycles. The third-order valence-corrected chi connectivity index (χ3v) is 4.79. The molecule has 1 aliphatic heterocycles. The van der Waals surface area contributed by atoms with Gasteiger partial charge in [-0.25, -0.2) is 15.0 Å². The number of piperazine rings is 1. The summed E-state index contributed by atoms with van der Waals surface area (Å²) < 4.78 is 1.50. The molecule has 0 amide bonds. The smallest absolute Gasteiger partial charge is 0.255 e. The van der Waals surface area contributed by atoms with E-state index in [1.165, 1.54) is 17.0 Å². The van der Waals surface area contributed by atoms with E-state index in [0.29, 0.717) is 42.5 Å². The summed E-state index contributed by atoms with van der Waals surface area (Å²) in [5.74, 6) is 0.552. The molecule has 1 N–H and O–H groups in total. The number of aromatic nitrogens is 4. The van der Waals surface area contributed by atoms with E-state index in [0.717, 1.165) is 0 Å². The molecule has 3 aromatic rings. The molecule has 1 fully saturated rings. The highest BCUT2D eigenvalue weighted by Gasteiger charge is 2.28. The minimum absolute atomic E-state index is 0.0299. The Morgan fingerprint density at radius 1 is 1.18 bits per heavy atom.